The molecular weight excluding hydrogens is 306 g/mol. The number of hydrogen-bond donors (Lipinski definition) is 0. The Labute approximate surface area is 140 Å². The van der Waals surface area contributed by atoms with Gasteiger partial charge in [0.2, 0.25) is 0 Å². The quantitative estimate of drug-likeness (QED) is 0.576. The van der Waals surface area contributed by atoms with Gasteiger partial charge in [0.15, 0.2) is 11.8 Å². The van der Waals surface area contributed by atoms with Crippen LogP contribution in [-0.2, 0) is 11.3 Å². The van der Waals surface area contributed by atoms with Crippen molar-refractivity contribution < 1.29 is 9.53 Å². The third-order valence-electron chi connectivity index (χ3n) is 3.75. The van der Waals surface area contributed by atoms with Crippen molar-refractivity contribution in [2.45, 2.75) is 52.2 Å². The number of hydrogen-bond acceptors (Lipinski definition) is 5. The zero-order chi connectivity index (χ0) is 17.5. The molecule has 0 N–H and O–H groups in total. The van der Waals surface area contributed by atoms with Gasteiger partial charge in [-0.2, -0.15) is 10.4 Å². The zero-order valence-electron chi connectivity index (χ0n) is 14.0. The highest BCUT2D eigenvalue weighted by Gasteiger charge is 2.19. The summed E-state index contributed by atoms with van der Waals surface area (Å²) in [6.45, 7) is 4.06. The average molecular weight is 327 g/mol. The van der Waals surface area contributed by atoms with Gasteiger partial charge in [-0.15, -0.1) is 0 Å². The lowest BCUT2D eigenvalue weighted by atomic mass is 10.1. The van der Waals surface area contributed by atoms with E-state index in [4.69, 9.17) is 10.00 Å². The summed E-state index contributed by atoms with van der Waals surface area (Å²) in [5.74, 6) is -0.692. The number of esters is 1. The number of benzene rings is 1. The van der Waals surface area contributed by atoms with Crippen LogP contribution in [0.5, 0.6) is 0 Å². The number of rotatable bonds is 7. The van der Waals surface area contributed by atoms with Crippen LogP contribution in [0.4, 0.5) is 0 Å². The molecule has 2 aromatic rings. The van der Waals surface area contributed by atoms with Crippen LogP contribution in [0.15, 0.2) is 29.1 Å². The summed E-state index contributed by atoms with van der Waals surface area (Å²) < 4.78 is 6.38. The van der Waals surface area contributed by atoms with Crippen LogP contribution in [-0.4, -0.2) is 21.9 Å². The molecule has 0 fully saturated rings. The third kappa shape index (κ3) is 3.99. The molecule has 6 nitrogen and oxygen atoms in total. The minimum atomic E-state index is -0.872. The van der Waals surface area contributed by atoms with Gasteiger partial charge < -0.3 is 4.74 Å². The Hall–Kier alpha value is -2.68. The second kappa shape index (κ2) is 8.25. The largest absolute Gasteiger partial charge is 0.442 e. The lowest BCUT2D eigenvalue weighted by molar-refractivity contribution is 0.0428. The standard InChI is InChI=1S/C18H21N3O3/c1-3-4-5-8-11-21-17(22)15-10-7-6-9-14(15)16(20-21)18(23)24-13(2)12-19/h6-7,9-10,13H,3-5,8,11H2,1-2H3/t13-/m1/s1. The van der Waals surface area contributed by atoms with Crippen LogP contribution in [0.2, 0.25) is 0 Å². The molecule has 0 saturated heterocycles. The first-order chi connectivity index (χ1) is 11.6. The number of carbonyl (C=O) groups excluding carboxylic acids is 1. The van der Waals surface area contributed by atoms with Crippen LogP contribution in [0.25, 0.3) is 10.8 Å². The van der Waals surface area contributed by atoms with Crippen LogP contribution >= 0.6 is 0 Å². The average Bonchev–Trinajstić information content (AvgIpc) is 2.60. The number of nitriles is 1. The maximum absolute atomic E-state index is 12.5. The molecule has 0 aliphatic carbocycles. The molecule has 24 heavy (non-hydrogen) atoms. The predicted molar refractivity (Wildman–Crippen MR) is 90.6 cm³/mol. The predicted octanol–water partition coefficient (Wildman–Crippen LogP) is 3.05. The number of nitrogens with zero attached hydrogens (tertiary/aromatic N) is 3. The first-order valence-electron chi connectivity index (χ1n) is 8.19. The molecule has 0 radical (unpaired) electrons. The molecule has 6 heteroatoms. The zero-order valence-corrected chi connectivity index (χ0v) is 14.0. The van der Waals surface area contributed by atoms with Crippen LogP contribution in [0.1, 0.15) is 50.0 Å². The van der Waals surface area contributed by atoms with Gasteiger partial charge in [0.25, 0.3) is 5.56 Å². The lowest BCUT2D eigenvalue weighted by Crippen LogP contribution is -2.27. The van der Waals surface area contributed by atoms with Gasteiger partial charge in [-0.25, -0.2) is 9.48 Å². The Balaban J connectivity index is 2.42. The second-order valence-corrected chi connectivity index (χ2v) is 5.66. The molecule has 0 spiro atoms. The smallest absolute Gasteiger partial charge is 0.360 e. The fourth-order valence-electron chi connectivity index (χ4n) is 2.47. The van der Waals surface area contributed by atoms with Gasteiger partial charge in [-0.1, -0.05) is 44.4 Å². The third-order valence-corrected chi connectivity index (χ3v) is 3.75. The first kappa shape index (κ1) is 17.7. The van der Waals surface area contributed by atoms with Crippen molar-refractivity contribution in [1.82, 2.24) is 9.78 Å². The molecule has 0 unspecified atom stereocenters. The molecule has 1 aromatic carbocycles. The van der Waals surface area contributed by atoms with E-state index in [-0.39, 0.29) is 11.3 Å². The SMILES string of the molecule is CCCCCCn1nc(C(=O)O[C@H](C)C#N)c2ccccc2c1=O. The van der Waals surface area contributed by atoms with E-state index < -0.39 is 12.1 Å². The van der Waals surface area contributed by atoms with E-state index in [1.807, 2.05) is 6.07 Å². The topological polar surface area (TPSA) is 85.0 Å². The monoisotopic (exact) mass is 327 g/mol. The highest BCUT2D eigenvalue weighted by Crippen LogP contribution is 2.15. The number of unbranched alkanes of at least 4 members (excludes halogenated alkanes) is 3. The summed E-state index contributed by atoms with van der Waals surface area (Å²) >= 11 is 0. The van der Waals surface area contributed by atoms with Crippen LogP contribution < -0.4 is 5.56 Å². The summed E-state index contributed by atoms with van der Waals surface area (Å²) in [4.78, 5) is 24.9. The summed E-state index contributed by atoms with van der Waals surface area (Å²) in [7, 11) is 0. The highest BCUT2D eigenvalue weighted by molar-refractivity contribution is 6.02. The number of aromatic nitrogens is 2. The lowest BCUT2D eigenvalue weighted by Gasteiger charge is -2.11. The number of fused-ring (bicyclic) bond motifs is 1. The summed E-state index contributed by atoms with van der Waals surface area (Å²) in [5.41, 5.74) is -0.144. The van der Waals surface area contributed by atoms with E-state index >= 15 is 0 Å². The van der Waals surface area contributed by atoms with E-state index in [0.29, 0.717) is 17.3 Å². The summed E-state index contributed by atoms with van der Waals surface area (Å²) in [5, 5.41) is 13.9. The molecule has 0 aliphatic rings. The van der Waals surface area contributed by atoms with Crippen LogP contribution in [0.3, 0.4) is 0 Å². The van der Waals surface area contributed by atoms with Gasteiger partial charge in [0, 0.05) is 11.9 Å². The van der Waals surface area contributed by atoms with E-state index in [0.717, 1.165) is 25.7 Å². The Bertz CT molecular complexity index is 820. The van der Waals surface area contributed by atoms with Crippen molar-refractivity contribution in [2.24, 2.45) is 0 Å². The van der Waals surface area contributed by atoms with Crippen molar-refractivity contribution >= 4 is 16.7 Å². The molecule has 0 aliphatic heterocycles. The molecule has 0 amide bonds. The minimum Gasteiger partial charge on any atom is -0.442 e. The van der Waals surface area contributed by atoms with Crippen molar-refractivity contribution in [1.29, 1.82) is 5.26 Å². The normalized spacial score (nSPS) is 11.9. The van der Waals surface area contributed by atoms with E-state index in [1.54, 1.807) is 24.3 Å². The van der Waals surface area contributed by atoms with Crippen molar-refractivity contribution in [2.75, 3.05) is 0 Å². The fourth-order valence-corrected chi connectivity index (χ4v) is 2.47. The number of ether oxygens (including phenoxy) is 1. The van der Waals surface area contributed by atoms with Crippen molar-refractivity contribution in [3.8, 4) is 6.07 Å². The first-order valence-corrected chi connectivity index (χ1v) is 8.19. The van der Waals surface area contributed by atoms with Gasteiger partial charge in [-0.3, -0.25) is 4.79 Å². The maximum Gasteiger partial charge on any atom is 0.360 e. The Morgan fingerprint density at radius 1 is 1.29 bits per heavy atom. The Kier molecular flexibility index (Phi) is 6.07. The molecule has 1 atom stereocenters. The number of carbonyl (C=O) groups is 1. The molecule has 1 heterocycles. The molecule has 2 rings (SSSR count). The summed E-state index contributed by atoms with van der Waals surface area (Å²) in [6.07, 6.45) is 3.15. The van der Waals surface area contributed by atoms with Gasteiger partial charge in [0.05, 0.1) is 5.39 Å². The van der Waals surface area contributed by atoms with Crippen molar-refractivity contribution in [3.05, 3.63) is 40.3 Å². The molecule has 1 aromatic heterocycles. The van der Waals surface area contributed by atoms with Crippen LogP contribution in [0, 0.1) is 11.3 Å². The Morgan fingerprint density at radius 2 is 2.00 bits per heavy atom. The van der Waals surface area contributed by atoms with Gasteiger partial charge >= 0.3 is 5.97 Å². The minimum absolute atomic E-state index is 0.0720. The number of aryl methyl sites for hydroxylation is 1. The van der Waals surface area contributed by atoms with Crippen molar-refractivity contribution in [3.63, 3.8) is 0 Å². The van der Waals surface area contributed by atoms with E-state index in [2.05, 4.69) is 12.0 Å². The molecule has 126 valence electrons. The molecular formula is C18H21N3O3. The molecule has 0 saturated carbocycles. The highest BCUT2D eigenvalue weighted by atomic mass is 16.5. The molecule has 0 bridgehead atoms. The van der Waals surface area contributed by atoms with Gasteiger partial charge in [-0.05, 0) is 19.4 Å². The van der Waals surface area contributed by atoms with E-state index in [1.165, 1.54) is 11.6 Å². The second-order valence-electron chi connectivity index (χ2n) is 5.66. The fraction of sp³-hybridized carbons (Fsp3) is 0.444. The Morgan fingerprint density at radius 3 is 2.67 bits per heavy atom. The van der Waals surface area contributed by atoms with Gasteiger partial charge in [0.1, 0.15) is 6.07 Å². The van der Waals surface area contributed by atoms with E-state index in [9.17, 15) is 9.59 Å². The maximum atomic E-state index is 12.5. The summed E-state index contributed by atoms with van der Waals surface area (Å²) in [6, 6.07) is 8.67.